The summed E-state index contributed by atoms with van der Waals surface area (Å²) in [6.45, 7) is 1.11. The summed E-state index contributed by atoms with van der Waals surface area (Å²) in [6.07, 6.45) is 8.72. The van der Waals surface area contributed by atoms with Crippen LogP contribution in [0, 0.1) is 0 Å². The predicted molar refractivity (Wildman–Crippen MR) is 91.6 cm³/mol. The van der Waals surface area contributed by atoms with E-state index < -0.39 is 0 Å². The Morgan fingerprint density at radius 2 is 2.04 bits per heavy atom. The van der Waals surface area contributed by atoms with Crippen LogP contribution in [0.4, 0.5) is 10.5 Å². The third-order valence-electron chi connectivity index (χ3n) is 3.82. The van der Waals surface area contributed by atoms with Crippen LogP contribution in [-0.4, -0.2) is 32.8 Å². The second-order valence-electron chi connectivity index (χ2n) is 5.60. The molecule has 1 fully saturated rings. The van der Waals surface area contributed by atoms with Gasteiger partial charge in [-0.25, -0.2) is 4.79 Å². The maximum atomic E-state index is 11.8. The van der Waals surface area contributed by atoms with E-state index in [9.17, 15) is 4.79 Å². The van der Waals surface area contributed by atoms with Gasteiger partial charge in [0.25, 0.3) is 0 Å². The van der Waals surface area contributed by atoms with Crippen LogP contribution >= 0.6 is 11.8 Å². The number of nitrogens with zero attached hydrogens (tertiary/aromatic N) is 3. The van der Waals surface area contributed by atoms with Gasteiger partial charge in [0.1, 0.15) is 0 Å². The zero-order valence-corrected chi connectivity index (χ0v) is 13.8. The van der Waals surface area contributed by atoms with Gasteiger partial charge in [0.05, 0.1) is 12.7 Å². The SMILES string of the molecule is O=C(NCCn1ccnn1)Nc1ccc(SC2CCCC2)cc1. The normalized spacial score (nSPS) is 14.8. The van der Waals surface area contributed by atoms with E-state index in [2.05, 4.69) is 33.1 Å². The molecule has 0 atom stereocenters. The van der Waals surface area contributed by atoms with Gasteiger partial charge in [0.15, 0.2) is 0 Å². The Morgan fingerprint density at radius 1 is 1.26 bits per heavy atom. The highest BCUT2D eigenvalue weighted by molar-refractivity contribution is 8.00. The molecule has 122 valence electrons. The molecule has 0 aliphatic heterocycles. The van der Waals surface area contributed by atoms with E-state index in [1.54, 1.807) is 17.1 Å². The first-order valence-corrected chi connectivity index (χ1v) is 8.83. The first-order chi connectivity index (χ1) is 11.3. The third-order valence-corrected chi connectivity index (χ3v) is 5.16. The van der Waals surface area contributed by atoms with Crippen LogP contribution in [0.5, 0.6) is 0 Å². The number of amides is 2. The Bertz CT molecular complexity index is 608. The molecule has 2 N–H and O–H groups in total. The molecular formula is C16H21N5OS. The van der Waals surface area contributed by atoms with Gasteiger partial charge in [0, 0.05) is 28.6 Å². The molecule has 1 aromatic carbocycles. The number of urea groups is 1. The second-order valence-corrected chi connectivity index (χ2v) is 6.97. The van der Waals surface area contributed by atoms with Crippen LogP contribution in [-0.2, 0) is 6.54 Å². The molecule has 2 amide bonds. The topological polar surface area (TPSA) is 71.8 Å². The average molecular weight is 331 g/mol. The largest absolute Gasteiger partial charge is 0.336 e. The number of thioether (sulfide) groups is 1. The smallest absolute Gasteiger partial charge is 0.319 e. The highest BCUT2D eigenvalue weighted by atomic mass is 32.2. The van der Waals surface area contributed by atoms with E-state index >= 15 is 0 Å². The van der Waals surface area contributed by atoms with Crippen molar-refractivity contribution in [3.8, 4) is 0 Å². The fourth-order valence-electron chi connectivity index (χ4n) is 2.63. The number of benzene rings is 1. The molecule has 3 rings (SSSR count). The first-order valence-electron chi connectivity index (χ1n) is 7.95. The molecule has 2 aromatic rings. The van der Waals surface area contributed by atoms with Crippen LogP contribution in [0.15, 0.2) is 41.6 Å². The molecule has 0 saturated heterocycles. The molecule has 0 spiro atoms. The molecule has 0 bridgehead atoms. The number of carbonyl (C=O) groups excluding carboxylic acids is 1. The van der Waals surface area contributed by atoms with Crippen molar-refractivity contribution < 1.29 is 4.79 Å². The molecular weight excluding hydrogens is 310 g/mol. The van der Waals surface area contributed by atoms with Crippen molar-refractivity contribution in [3.63, 3.8) is 0 Å². The number of nitrogens with one attached hydrogen (secondary N) is 2. The van der Waals surface area contributed by atoms with Gasteiger partial charge >= 0.3 is 6.03 Å². The van der Waals surface area contributed by atoms with Crippen molar-refractivity contribution in [2.75, 3.05) is 11.9 Å². The third kappa shape index (κ3) is 4.99. The Labute approximate surface area is 140 Å². The van der Waals surface area contributed by atoms with Crippen LogP contribution in [0.3, 0.4) is 0 Å². The molecule has 23 heavy (non-hydrogen) atoms. The lowest BCUT2D eigenvalue weighted by Gasteiger charge is -2.10. The van der Waals surface area contributed by atoms with E-state index in [4.69, 9.17) is 0 Å². The molecule has 1 aliphatic rings. The van der Waals surface area contributed by atoms with Crippen molar-refractivity contribution in [1.82, 2.24) is 20.3 Å². The summed E-state index contributed by atoms with van der Waals surface area (Å²) < 4.78 is 1.68. The Morgan fingerprint density at radius 3 is 2.74 bits per heavy atom. The lowest BCUT2D eigenvalue weighted by Crippen LogP contribution is -2.31. The lowest BCUT2D eigenvalue weighted by molar-refractivity contribution is 0.251. The number of hydrogen-bond acceptors (Lipinski definition) is 4. The number of hydrogen-bond donors (Lipinski definition) is 2. The molecule has 7 heteroatoms. The van der Waals surface area contributed by atoms with Crippen molar-refractivity contribution >= 4 is 23.5 Å². The lowest BCUT2D eigenvalue weighted by atomic mass is 10.3. The Balaban J connectivity index is 1.41. The van der Waals surface area contributed by atoms with Gasteiger partial charge in [0.2, 0.25) is 0 Å². The van der Waals surface area contributed by atoms with Crippen LogP contribution in [0.1, 0.15) is 25.7 Å². The highest BCUT2D eigenvalue weighted by Gasteiger charge is 2.15. The van der Waals surface area contributed by atoms with Gasteiger partial charge in [-0.05, 0) is 37.1 Å². The molecule has 1 saturated carbocycles. The maximum absolute atomic E-state index is 11.8. The van der Waals surface area contributed by atoms with E-state index in [1.165, 1.54) is 30.6 Å². The molecule has 0 unspecified atom stereocenters. The van der Waals surface area contributed by atoms with Crippen LogP contribution < -0.4 is 10.6 Å². The summed E-state index contributed by atoms with van der Waals surface area (Å²) >= 11 is 1.95. The molecule has 1 aromatic heterocycles. The van der Waals surface area contributed by atoms with E-state index in [0.717, 1.165) is 10.9 Å². The van der Waals surface area contributed by atoms with Crippen molar-refractivity contribution in [1.29, 1.82) is 0 Å². The average Bonchev–Trinajstić information content (AvgIpc) is 3.23. The summed E-state index contributed by atoms with van der Waals surface area (Å²) in [5, 5.41) is 14.0. The Hall–Kier alpha value is -2.02. The van der Waals surface area contributed by atoms with Gasteiger partial charge < -0.3 is 10.6 Å². The maximum Gasteiger partial charge on any atom is 0.319 e. The fourth-order valence-corrected chi connectivity index (χ4v) is 3.87. The van der Waals surface area contributed by atoms with Gasteiger partial charge in [-0.15, -0.1) is 16.9 Å². The van der Waals surface area contributed by atoms with Gasteiger partial charge in [-0.3, -0.25) is 4.68 Å². The van der Waals surface area contributed by atoms with E-state index in [-0.39, 0.29) is 6.03 Å². The highest BCUT2D eigenvalue weighted by Crippen LogP contribution is 2.34. The molecule has 1 heterocycles. The van der Waals surface area contributed by atoms with Crippen LogP contribution in [0.2, 0.25) is 0 Å². The number of aromatic nitrogens is 3. The van der Waals surface area contributed by atoms with Crippen molar-refractivity contribution in [2.24, 2.45) is 0 Å². The van der Waals surface area contributed by atoms with Gasteiger partial charge in [-0.2, -0.15) is 0 Å². The summed E-state index contributed by atoms with van der Waals surface area (Å²) in [7, 11) is 0. The van der Waals surface area contributed by atoms with Crippen LogP contribution in [0.25, 0.3) is 0 Å². The van der Waals surface area contributed by atoms with Gasteiger partial charge in [-0.1, -0.05) is 18.1 Å². The summed E-state index contributed by atoms with van der Waals surface area (Å²) in [6, 6.07) is 7.85. The fraction of sp³-hybridized carbons (Fsp3) is 0.438. The summed E-state index contributed by atoms with van der Waals surface area (Å²) in [5.41, 5.74) is 0.805. The number of carbonyl (C=O) groups is 1. The minimum atomic E-state index is -0.207. The quantitative estimate of drug-likeness (QED) is 0.853. The first kappa shape index (κ1) is 15.9. The minimum absolute atomic E-state index is 0.207. The summed E-state index contributed by atoms with van der Waals surface area (Å²) in [5.74, 6) is 0. The van der Waals surface area contributed by atoms with E-state index in [1.807, 2.05) is 23.9 Å². The standard InChI is InChI=1S/C16H21N5OS/c22-16(17-9-11-21-12-10-18-20-21)19-13-5-7-15(8-6-13)23-14-3-1-2-4-14/h5-8,10,12,14H,1-4,9,11H2,(H2,17,19,22). The van der Waals surface area contributed by atoms with Crippen molar-refractivity contribution in [3.05, 3.63) is 36.7 Å². The van der Waals surface area contributed by atoms with Crippen molar-refractivity contribution in [2.45, 2.75) is 42.4 Å². The molecule has 0 radical (unpaired) electrons. The number of rotatable bonds is 6. The number of anilines is 1. The molecule has 6 nitrogen and oxygen atoms in total. The second kappa shape index (κ2) is 8.01. The summed E-state index contributed by atoms with van der Waals surface area (Å²) in [4.78, 5) is 13.1. The Kier molecular flexibility index (Phi) is 5.52. The van der Waals surface area contributed by atoms with E-state index in [0.29, 0.717) is 13.1 Å². The predicted octanol–water partition coefficient (Wildman–Crippen LogP) is 3.13. The minimum Gasteiger partial charge on any atom is -0.336 e. The monoisotopic (exact) mass is 331 g/mol. The zero-order valence-electron chi connectivity index (χ0n) is 12.9. The molecule has 1 aliphatic carbocycles. The zero-order chi connectivity index (χ0) is 15.9.